The van der Waals surface area contributed by atoms with Crippen LogP contribution in [-0.4, -0.2) is 51.5 Å². The third-order valence-electron chi connectivity index (χ3n) is 4.01. The minimum atomic E-state index is -0.501. The Labute approximate surface area is 138 Å². The SMILES string of the molecule is Cc1c(C(=O)N2CCNCC2C)nnn1-c1ccc(F)c(Cl)c1. The summed E-state index contributed by atoms with van der Waals surface area (Å²) in [7, 11) is 0. The van der Waals surface area contributed by atoms with Crippen LogP contribution in [0, 0.1) is 12.7 Å². The topological polar surface area (TPSA) is 63.1 Å². The Kier molecular flexibility index (Phi) is 4.32. The van der Waals surface area contributed by atoms with E-state index in [1.807, 2.05) is 6.92 Å². The molecule has 23 heavy (non-hydrogen) atoms. The number of halogens is 2. The number of hydrogen-bond acceptors (Lipinski definition) is 4. The van der Waals surface area contributed by atoms with Gasteiger partial charge in [-0.2, -0.15) is 0 Å². The van der Waals surface area contributed by atoms with Gasteiger partial charge in [0.15, 0.2) is 5.69 Å². The number of amides is 1. The maximum Gasteiger partial charge on any atom is 0.276 e. The molecule has 0 bridgehead atoms. The number of nitrogens with zero attached hydrogens (tertiary/aromatic N) is 4. The van der Waals surface area contributed by atoms with Crippen LogP contribution in [0.1, 0.15) is 23.1 Å². The van der Waals surface area contributed by atoms with E-state index in [0.29, 0.717) is 23.6 Å². The first-order valence-electron chi connectivity index (χ1n) is 7.38. The quantitative estimate of drug-likeness (QED) is 0.907. The maximum absolute atomic E-state index is 13.3. The van der Waals surface area contributed by atoms with Gasteiger partial charge >= 0.3 is 0 Å². The van der Waals surface area contributed by atoms with Crippen LogP contribution in [0.3, 0.4) is 0 Å². The van der Waals surface area contributed by atoms with Gasteiger partial charge in [-0.3, -0.25) is 4.79 Å². The van der Waals surface area contributed by atoms with E-state index >= 15 is 0 Å². The van der Waals surface area contributed by atoms with E-state index in [9.17, 15) is 9.18 Å². The molecule has 1 amide bonds. The molecule has 1 aliphatic heterocycles. The molecule has 0 radical (unpaired) electrons. The molecule has 8 heteroatoms. The lowest BCUT2D eigenvalue weighted by Gasteiger charge is -2.33. The minimum Gasteiger partial charge on any atom is -0.332 e. The lowest BCUT2D eigenvalue weighted by molar-refractivity contribution is 0.0649. The summed E-state index contributed by atoms with van der Waals surface area (Å²) >= 11 is 5.81. The summed E-state index contributed by atoms with van der Waals surface area (Å²) in [5, 5.41) is 11.3. The molecular formula is C15H17ClFN5O. The highest BCUT2D eigenvalue weighted by Crippen LogP contribution is 2.21. The Morgan fingerprint density at radius 3 is 2.96 bits per heavy atom. The number of carbonyl (C=O) groups is 1. The van der Waals surface area contributed by atoms with Gasteiger partial charge in [0.25, 0.3) is 5.91 Å². The molecule has 1 atom stereocenters. The predicted molar refractivity (Wildman–Crippen MR) is 84.4 cm³/mol. The first kappa shape index (κ1) is 15.9. The fourth-order valence-electron chi connectivity index (χ4n) is 2.67. The summed E-state index contributed by atoms with van der Waals surface area (Å²) in [6.45, 7) is 5.90. The van der Waals surface area contributed by atoms with Crippen molar-refractivity contribution in [1.82, 2.24) is 25.2 Å². The Morgan fingerprint density at radius 2 is 2.26 bits per heavy atom. The molecule has 1 aromatic heterocycles. The summed E-state index contributed by atoms with van der Waals surface area (Å²) in [4.78, 5) is 14.5. The molecule has 1 unspecified atom stereocenters. The Morgan fingerprint density at radius 1 is 1.48 bits per heavy atom. The minimum absolute atomic E-state index is 0.000929. The number of hydrogen-bond donors (Lipinski definition) is 1. The van der Waals surface area contributed by atoms with Gasteiger partial charge < -0.3 is 10.2 Å². The highest BCUT2D eigenvalue weighted by atomic mass is 35.5. The van der Waals surface area contributed by atoms with Gasteiger partial charge in [-0.15, -0.1) is 5.10 Å². The van der Waals surface area contributed by atoms with Gasteiger partial charge in [-0.1, -0.05) is 16.8 Å². The van der Waals surface area contributed by atoms with Gasteiger partial charge in [-0.05, 0) is 32.0 Å². The third-order valence-corrected chi connectivity index (χ3v) is 4.30. The van der Waals surface area contributed by atoms with E-state index in [2.05, 4.69) is 15.6 Å². The average molecular weight is 338 g/mol. The fraction of sp³-hybridized carbons (Fsp3) is 0.400. The van der Waals surface area contributed by atoms with Crippen molar-refractivity contribution < 1.29 is 9.18 Å². The summed E-state index contributed by atoms with van der Waals surface area (Å²) in [5.74, 6) is -0.643. The zero-order valence-electron chi connectivity index (χ0n) is 12.9. The number of benzene rings is 1. The van der Waals surface area contributed by atoms with Crippen LogP contribution in [-0.2, 0) is 0 Å². The molecule has 3 rings (SSSR count). The second-order valence-corrected chi connectivity index (χ2v) is 5.99. The summed E-state index contributed by atoms with van der Waals surface area (Å²) in [5.41, 5.74) is 1.47. The first-order valence-corrected chi connectivity index (χ1v) is 7.76. The molecule has 0 saturated carbocycles. The standard InChI is InChI=1S/C15H17ClFN5O/c1-9-8-18-5-6-21(9)15(23)14-10(2)22(20-19-14)11-3-4-13(17)12(16)7-11/h3-4,7,9,18H,5-6,8H2,1-2H3. The summed E-state index contributed by atoms with van der Waals surface area (Å²) in [6.07, 6.45) is 0. The zero-order chi connectivity index (χ0) is 16.6. The number of aromatic nitrogens is 3. The molecule has 1 saturated heterocycles. The van der Waals surface area contributed by atoms with Crippen molar-refractivity contribution in [1.29, 1.82) is 0 Å². The van der Waals surface area contributed by atoms with Gasteiger partial charge in [0, 0.05) is 25.7 Å². The molecule has 2 heterocycles. The van der Waals surface area contributed by atoms with Crippen molar-refractivity contribution in [2.45, 2.75) is 19.9 Å². The van der Waals surface area contributed by atoms with Crippen LogP contribution >= 0.6 is 11.6 Å². The second kappa shape index (κ2) is 6.25. The number of carbonyl (C=O) groups excluding carboxylic acids is 1. The van der Waals surface area contributed by atoms with E-state index < -0.39 is 5.82 Å². The van der Waals surface area contributed by atoms with E-state index in [-0.39, 0.29) is 17.0 Å². The molecule has 1 aromatic carbocycles. The molecule has 6 nitrogen and oxygen atoms in total. The van der Waals surface area contributed by atoms with Gasteiger partial charge in [0.2, 0.25) is 0 Å². The van der Waals surface area contributed by atoms with Crippen molar-refractivity contribution in [2.24, 2.45) is 0 Å². The Balaban J connectivity index is 1.92. The number of rotatable bonds is 2. The van der Waals surface area contributed by atoms with E-state index in [1.165, 1.54) is 16.8 Å². The molecule has 1 fully saturated rings. The summed E-state index contributed by atoms with van der Waals surface area (Å²) < 4.78 is 14.8. The number of nitrogens with one attached hydrogen (secondary N) is 1. The van der Waals surface area contributed by atoms with Crippen LogP contribution in [0.15, 0.2) is 18.2 Å². The van der Waals surface area contributed by atoms with Crippen molar-refractivity contribution in [2.75, 3.05) is 19.6 Å². The van der Waals surface area contributed by atoms with Crippen molar-refractivity contribution in [3.8, 4) is 5.69 Å². The average Bonchev–Trinajstić information content (AvgIpc) is 2.91. The number of piperazine rings is 1. The molecule has 0 spiro atoms. The maximum atomic E-state index is 13.3. The van der Waals surface area contributed by atoms with Crippen LogP contribution in [0.5, 0.6) is 0 Å². The van der Waals surface area contributed by atoms with Crippen LogP contribution in [0.25, 0.3) is 5.69 Å². The van der Waals surface area contributed by atoms with E-state index in [1.54, 1.807) is 17.9 Å². The van der Waals surface area contributed by atoms with Crippen LogP contribution in [0.2, 0.25) is 5.02 Å². The van der Waals surface area contributed by atoms with Gasteiger partial charge in [-0.25, -0.2) is 9.07 Å². The molecule has 1 aliphatic rings. The van der Waals surface area contributed by atoms with E-state index in [0.717, 1.165) is 13.1 Å². The highest BCUT2D eigenvalue weighted by molar-refractivity contribution is 6.30. The molecule has 122 valence electrons. The Hall–Kier alpha value is -1.99. The lowest BCUT2D eigenvalue weighted by atomic mass is 10.2. The summed E-state index contributed by atoms with van der Waals surface area (Å²) in [6, 6.07) is 4.37. The zero-order valence-corrected chi connectivity index (χ0v) is 13.6. The first-order chi connectivity index (χ1) is 11.0. The van der Waals surface area contributed by atoms with E-state index in [4.69, 9.17) is 11.6 Å². The predicted octanol–water partition coefficient (Wildman–Crippen LogP) is 1.80. The largest absolute Gasteiger partial charge is 0.332 e. The lowest BCUT2D eigenvalue weighted by Crippen LogP contribution is -2.52. The molecule has 1 N–H and O–H groups in total. The Bertz CT molecular complexity index is 747. The van der Waals surface area contributed by atoms with Crippen molar-refractivity contribution in [3.05, 3.63) is 40.4 Å². The highest BCUT2D eigenvalue weighted by Gasteiger charge is 2.28. The smallest absolute Gasteiger partial charge is 0.276 e. The van der Waals surface area contributed by atoms with Crippen LogP contribution < -0.4 is 5.32 Å². The monoisotopic (exact) mass is 337 g/mol. The van der Waals surface area contributed by atoms with Gasteiger partial charge in [0.05, 0.1) is 16.4 Å². The molecule has 2 aromatic rings. The molecule has 0 aliphatic carbocycles. The van der Waals surface area contributed by atoms with Gasteiger partial charge in [0.1, 0.15) is 5.82 Å². The normalized spacial score (nSPS) is 18.3. The second-order valence-electron chi connectivity index (χ2n) is 5.59. The fourth-order valence-corrected chi connectivity index (χ4v) is 2.84. The van der Waals surface area contributed by atoms with Crippen LogP contribution in [0.4, 0.5) is 4.39 Å². The molecular weight excluding hydrogens is 321 g/mol. The van der Waals surface area contributed by atoms with Crippen molar-refractivity contribution >= 4 is 17.5 Å². The third kappa shape index (κ3) is 2.94. The van der Waals surface area contributed by atoms with Crippen molar-refractivity contribution in [3.63, 3.8) is 0 Å².